The Balaban J connectivity index is 1.96. The minimum atomic E-state index is 0.769. The minimum Gasteiger partial charge on any atom is -0.397 e. The first-order chi connectivity index (χ1) is 9.79. The maximum atomic E-state index is 6.05. The Labute approximate surface area is 120 Å². The molecule has 2 N–H and O–H groups in total. The van der Waals surface area contributed by atoms with E-state index in [4.69, 9.17) is 5.73 Å². The maximum absolute atomic E-state index is 6.05. The van der Waals surface area contributed by atoms with Crippen LogP contribution in [-0.4, -0.2) is 18.1 Å². The zero-order valence-electron chi connectivity index (χ0n) is 12.2. The molecule has 3 rings (SSSR count). The molecule has 3 nitrogen and oxygen atoms in total. The molecule has 0 saturated carbocycles. The van der Waals surface area contributed by atoms with E-state index >= 15 is 0 Å². The molecule has 106 valence electrons. The Morgan fingerprint density at radius 3 is 3.00 bits per heavy atom. The van der Waals surface area contributed by atoms with Gasteiger partial charge in [0.2, 0.25) is 0 Å². The summed E-state index contributed by atoms with van der Waals surface area (Å²) < 4.78 is 0. The van der Waals surface area contributed by atoms with Crippen LogP contribution in [0.3, 0.4) is 0 Å². The summed E-state index contributed by atoms with van der Waals surface area (Å²) in [5, 5.41) is 1.18. The smallest absolute Gasteiger partial charge is 0.0951 e. The first-order valence-electron chi connectivity index (χ1n) is 7.67. The number of nitrogens with zero attached hydrogens (tertiary/aromatic N) is 2. The van der Waals surface area contributed by atoms with Gasteiger partial charge in [-0.3, -0.25) is 4.98 Å². The summed E-state index contributed by atoms with van der Waals surface area (Å²) in [6.07, 6.45) is 7.06. The van der Waals surface area contributed by atoms with Crippen LogP contribution < -0.4 is 10.6 Å². The Bertz CT molecular complexity index is 594. The predicted octanol–water partition coefficient (Wildman–Crippen LogP) is 3.83. The van der Waals surface area contributed by atoms with Gasteiger partial charge in [-0.2, -0.15) is 0 Å². The van der Waals surface area contributed by atoms with Crippen molar-refractivity contribution < 1.29 is 0 Å². The average molecular weight is 269 g/mol. The molecule has 1 aromatic carbocycles. The van der Waals surface area contributed by atoms with Crippen molar-refractivity contribution in [1.82, 2.24) is 4.98 Å². The van der Waals surface area contributed by atoms with Gasteiger partial charge in [0.1, 0.15) is 0 Å². The van der Waals surface area contributed by atoms with Crippen molar-refractivity contribution in [2.75, 3.05) is 23.7 Å². The van der Waals surface area contributed by atoms with Crippen LogP contribution in [0.1, 0.15) is 32.6 Å². The molecule has 20 heavy (non-hydrogen) atoms. The fraction of sp³-hybridized carbons (Fsp3) is 0.471. The van der Waals surface area contributed by atoms with E-state index < -0.39 is 0 Å². The Hall–Kier alpha value is -1.77. The molecule has 0 aliphatic carbocycles. The van der Waals surface area contributed by atoms with E-state index in [1.165, 1.54) is 36.8 Å². The minimum absolute atomic E-state index is 0.769. The molecule has 2 aromatic rings. The highest BCUT2D eigenvalue weighted by atomic mass is 15.1. The van der Waals surface area contributed by atoms with Crippen LogP contribution in [0.4, 0.5) is 11.4 Å². The largest absolute Gasteiger partial charge is 0.397 e. The molecule has 0 radical (unpaired) electrons. The lowest BCUT2D eigenvalue weighted by molar-refractivity contribution is 0.459. The maximum Gasteiger partial charge on any atom is 0.0951 e. The molecule has 1 aliphatic heterocycles. The number of pyridine rings is 1. The summed E-state index contributed by atoms with van der Waals surface area (Å²) in [4.78, 5) is 6.95. The van der Waals surface area contributed by atoms with Crippen LogP contribution in [0.15, 0.2) is 30.5 Å². The second-order valence-electron chi connectivity index (χ2n) is 5.77. The van der Waals surface area contributed by atoms with Crippen LogP contribution >= 0.6 is 0 Å². The van der Waals surface area contributed by atoms with E-state index in [1.807, 2.05) is 18.3 Å². The molecule has 3 heteroatoms. The van der Waals surface area contributed by atoms with Crippen LogP contribution in [0.5, 0.6) is 0 Å². The van der Waals surface area contributed by atoms with E-state index in [9.17, 15) is 0 Å². The van der Waals surface area contributed by atoms with Gasteiger partial charge in [0.05, 0.1) is 11.2 Å². The van der Waals surface area contributed by atoms with Crippen molar-refractivity contribution in [2.45, 2.75) is 32.6 Å². The van der Waals surface area contributed by atoms with Gasteiger partial charge in [-0.25, -0.2) is 0 Å². The number of nitrogens with two attached hydrogens (primary N) is 1. The fourth-order valence-electron chi connectivity index (χ4n) is 3.27. The second-order valence-corrected chi connectivity index (χ2v) is 5.77. The number of benzene rings is 1. The summed E-state index contributed by atoms with van der Waals surface area (Å²) in [5.74, 6) is 0.887. The molecular weight excluding hydrogens is 246 g/mol. The first kappa shape index (κ1) is 13.2. The number of rotatable bonds is 2. The number of anilines is 2. The van der Waals surface area contributed by atoms with Gasteiger partial charge in [0.15, 0.2) is 0 Å². The number of hydrogen-bond donors (Lipinski definition) is 1. The third-order valence-corrected chi connectivity index (χ3v) is 4.54. The molecule has 1 fully saturated rings. The third-order valence-electron chi connectivity index (χ3n) is 4.54. The van der Waals surface area contributed by atoms with Crippen molar-refractivity contribution in [3.8, 4) is 0 Å². The number of hydrogen-bond acceptors (Lipinski definition) is 3. The van der Waals surface area contributed by atoms with E-state index in [0.29, 0.717) is 0 Å². The Morgan fingerprint density at radius 1 is 1.25 bits per heavy atom. The second kappa shape index (κ2) is 5.70. The highest BCUT2D eigenvalue weighted by Crippen LogP contribution is 2.32. The lowest BCUT2D eigenvalue weighted by Gasteiger charge is -2.24. The lowest BCUT2D eigenvalue weighted by atomic mass is 9.98. The molecule has 0 amide bonds. The van der Waals surface area contributed by atoms with Gasteiger partial charge in [0, 0.05) is 30.4 Å². The molecular formula is C17H23N3. The van der Waals surface area contributed by atoms with Gasteiger partial charge in [-0.05, 0) is 49.4 Å². The monoisotopic (exact) mass is 269 g/mol. The molecule has 1 aliphatic rings. The van der Waals surface area contributed by atoms with Crippen molar-refractivity contribution in [1.29, 1.82) is 0 Å². The van der Waals surface area contributed by atoms with Gasteiger partial charge in [-0.1, -0.05) is 13.3 Å². The van der Waals surface area contributed by atoms with Crippen molar-refractivity contribution in [3.05, 3.63) is 30.5 Å². The summed E-state index contributed by atoms with van der Waals surface area (Å²) in [7, 11) is 0. The summed E-state index contributed by atoms with van der Waals surface area (Å²) in [6.45, 7) is 4.60. The van der Waals surface area contributed by atoms with E-state index in [-0.39, 0.29) is 0 Å². The molecule has 1 unspecified atom stereocenters. The molecule has 1 aromatic heterocycles. The van der Waals surface area contributed by atoms with Crippen molar-refractivity contribution >= 4 is 22.3 Å². The molecule has 2 heterocycles. The standard InChI is InChI=1S/C17H23N3/c1-2-13-5-4-11-20(12-9-13)16-8-7-15(18)17-14(16)6-3-10-19-17/h3,6-8,10,13H,2,4-5,9,11-12,18H2,1H3. The number of aromatic nitrogens is 1. The van der Waals surface area contributed by atoms with E-state index in [0.717, 1.165) is 30.2 Å². The Kier molecular flexibility index (Phi) is 3.77. The fourth-order valence-corrected chi connectivity index (χ4v) is 3.27. The zero-order chi connectivity index (χ0) is 13.9. The van der Waals surface area contributed by atoms with Gasteiger partial charge < -0.3 is 10.6 Å². The molecule has 0 spiro atoms. The van der Waals surface area contributed by atoms with Crippen LogP contribution in [0.2, 0.25) is 0 Å². The van der Waals surface area contributed by atoms with E-state index in [2.05, 4.69) is 28.9 Å². The van der Waals surface area contributed by atoms with Crippen molar-refractivity contribution in [2.24, 2.45) is 5.92 Å². The van der Waals surface area contributed by atoms with Crippen LogP contribution in [0, 0.1) is 5.92 Å². The predicted molar refractivity (Wildman–Crippen MR) is 86.0 cm³/mol. The zero-order valence-corrected chi connectivity index (χ0v) is 12.2. The van der Waals surface area contributed by atoms with Gasteiger partial charge >= 0.3 is 0 Å². The van der Waals surface area contributed by atoms with Gasteiger partial charge in [0.25, 0.3) is 0 Å². The summed E-state index contributed by atoms with van der Waals surface area (Å²) in [5.41, 5.74) is 9.04. The number of nitrogen functional groups attached to an aromatic ring is 1. The quantitative estimate of drug-likeness (QED) is 0.842. The van der Waals surface area contributed by atoms with Gasteiger partial charge in [-0.15, -0.1) is 0 Å². The number of fused-ring (bicyclic) bond motifs is 1. The summed E-state index contributed by atoms with van der Waals surface area (Å²) in [6, 6.07) is 8.28. The average Bonchev–Trinajstić information content (AvgIpc) is 2.73. The molecule has 0 bridgehead atoms. The topological polar surface area (TPSA) is 42.1 Å². The molecule has 1 saturated heterocycles. The Morgan fingerprint density at radius 2 is 2.15 bits per heavy atom. The van der Waals surface area contributed by atoms with E-state index in [1.54, 1.807) is 0 Å². The SMILES string of the molecule is CCC1CCCN(c2ccc(N)c3ncccc23)CC1. The summed E-state index contributed by atoms with van der Waals surface area (Å²) >= 11 is 0. The third kappa shape index (κ3) is 2.45. The normalized spacial score (nSPS) is 20.1. The highest BCUT2D eigenvalue weighted by molar-refractivity contribution is 5.98. The highest BCUT2D eigenvalue weighted by Gasteiger charge is 2.18. The van der Waals surface area contributed by atoms with Crippen LogP contribution in [0.25, 0.3) is 10.9 Å². The van der Waals surface area contributed by atoms with Crippen molar-refractivity contribution in [3.63, 3.8) is 0 Å². The lowest BCUT2D eigenvalue weighted by Crippen LogP contribution is -2.24. The van der Waals surface area contributed by atoms with Crippen LogP contribution in [-0.2, 0) is 0 Å². The first-order valence-corrected chi connectivity index (χ1v) is 7.67. The molecule has 1 atom stereocenters.